The lowest BCUT2D eigenvalue weighted by Gasteiger charge is -2.26. The highest BCUT2D eigenvalue weighted by atomic mass is 16.5. The number of carbonyl (C=O) groups excluding carboxylic acids is 2. The van der Waals surface area contributed by atoms with Crippen molar-refractivity contribution in [3.05, 3.63) is 51.6 Å². The Balaban J connectivity index is 0.000000948. The van der Waals surface area contributed by atoms with Gasteiger partial charge in [-0.3, -0.25) is 9.59 Å². The largest absolute Gasteiger partial charge is 0.507 e. The number of rotatable bonds is 1. The van der Waals surface area contributed by atoms with Gasteiger partial charge in [-0.25, -0.2) is 0 Å². The fourth-order valence-electron chi connectivity index (χ4n) is 3.79. The first-order chi connectivity index (χ1) is 12.6. The van der Waals surface area contributed by atoms with E-state index < -0.39 is 11.6 Å². The highest BCUT2D eigenvalue weighted by molar-refractivity contribution is 6.31. The first-order valence-electron chi connectivity index (χ1n) is 8.92. The van der Waals surface area contributed by atoms with Crippen LogP contribution in [0.1, 0.15) is 69.7 Å². The summed E-state index contributed by atoms with van der Waals surface area (Å²) < 4.78 is 5.21. The van der Waals surface area contributed by atoms with Gasteiger partial charge in [0.15, 0.2) is 5.78 Å². The Hall–Kier alpha value is -2.82. The van der Waals surface area contributed by atoms with E-state index in [1.165, 1.54) is 13.2 Å². The van der Waals surface area contributed by atoms with Crippen molar-refractivity contribution in [3.63, 3.8) is 0 Å². The summed E-state index contributed by atoms with van der Waals surface area (Å²) in [5.74, 6) is -0.997. The van der Waals surface area contributed by atoms with Crippen LogP contribution in [0.15, 0.2) is 18.2 Å². The molecule has 0 saturated heterocycles. The van der Waals surface area contributed by atoms with Crippen molar-refractivity contribution in [2.24, 2.45) is 0 Å². The van der Waals surface area contributed by atoms with Gasteiger partial charge in [-0.15, -0.1) is 0 Å². The quantitative estimate of drug-likeness (QED) is 0.650. The average molecular weight is 354 g/mol. The number of carbonyl (C=O) groups is 2. The van der Waals surface area contributed by atoms with Gasteiger partial charge in [0, 0.05) is 16.7 Å². The maximum atomic E-state index is 13.0. The van der Waals surface area contributed by atoms with Crippen LogP contribution < -0.4 is 4.74 Å². The number of benzene rings is 2. The van der Waals surface area contributed by atoms with Gasteiger partial charge in [0.05, 0.1) is 23.8 Å². The Morgan fingerprint density at radius 2 is 1.38 bits per heavy atom. The maximum absolute atomic E-state index is 13.0. The predicted octanol–water partition coefficient (Wildman–Crippen LogP) is 3.79. The highest BCUT2D eigenvalue weighted by Gasteiger charge is 2.39. The van der Waals surface area contributed by atoms with Crippen LogP contribution in [0, 0.1) is 0 Å². The summed E-state index contributed by atoms with van der Waals surface area (Å²) in [4.78, 5) is 25.9. The molecule has 2 aliphatic rings. The number of ether oxygens (including phenoxy) is 1. The van der Waals surface area contributed by atoms with Crippen molar-refractivity contribution in [1.82, 2.24) is 0 Å². The van der Waals surface area contributed by atoms with E-state index >= 15 is 0 Å². The van der Waals surface area contributed by atoms with E-state index in [0.29, 0.717) is 24.0 Å². The number of methoxy groups -OCH3 is 1. The molecule has 0 amide bonds. The van der Waals surface area contributed by atoms with Crippen LogP contribution in [-0.2, 0) is 12.8 Å². The molecule has 0 saturated carbocycles. The number of fused-ring (bicyclic) bond motifs is 3. The average Bonchev–Trinajstić information content (AvgIpc) is 2.69. The van der Waals surface area contributed by atoms with Crippen molar-refractivity contribution in [3.8, 4) is 17.2 Å². The summed E-state index contributed by atoms with van der Waals surface area (Å²) in [6.45, 7) is 4.00. The van der Waals surface area contributed by atoms with E-state index in [-0.39, 0.29) is 39.5 Å². The lowest BCUT2D eigenvalue weighted by Crippen LogP contribution is -2.24. The molecule has 2 aliphatic carbocycles. The number of aromatic hydroxyl groups is 2. The third-order valence-corrected chi connectivity index (χ3v) is 4.94. The van der Waals surface area contributed by atoms with Crippen molar-refractivity contribution in [2.75, 3.05) is 7.11 Å². The lowest BCUT2D eigenvalue weighted by molar-refractivity contribution is 0.0971. The summed E-state index contributed by atoms with van der Waals surface area (Å²) in [7, 11) is 1.42. The SMILES string of the molecule is CC.COc1cccc2c1C(=O)c1c(O)c3c(c(O)c1C2=O)CCCC3. The Bertz CT molecular complexity index is 911. The minimum absolute atomic E-state index is 0.0843. The number of hydrogen-bond acceptors (Lipinski definition) is 5. The number of ketones is 2. The third kappa shape index (κ3) is 2.38. The second-order valence-electron chi connectivity index (χ2n) is 6.15. The van der Waals surface area contributed by atoms with Gasteiger partial charge >= 0.3 is 0 Å². The monoisotopic (exact) mass is 354 g/mol. The summed E-state index contributed by atoms with van der Waals surface area (Å²) in [6, 6.07) is 4.77. The number of phenolic OH excluding ortho intramolecular Hbond substituents is 2. The van der Waals surface area contributed by atoms with Gasteiger partial charge in [0.1, 0.15) is 17.2 Å². The van der Waals surface area contributed by atoms with Crippen molar-refractivity contribution in [1.29, 1.82) is 0 Å². The van der Waals surface area contributed by atoms with E-state index in [0.717, 1.165) is 12.8 Å². The molecule has 4 rings (SSSR count). The van der Waals surface area contributed by atoms with E-state index in [9.17, 15) is 19.8 Å². The van der Waals surface area contributed by atoms with Crippen molar-refractivity contribution < 1.29 is 24.5 Å². The normalized spacial score (nSPS) is 14.6. The molecule has 0 spiro atoms. The van der Waals surface area contributed by atoms with E-state index in [1.807, 2.05) is 13.8 Å². The molecule has 0 radical (unpaired) electrons. The van der Waals surface area contributed by atoms with Crippen molar-refractivity contribution in [2.45, 2.75) is 39.5 Å². The molecule has 2 aromatic rings. The Morgan fingerprint density at radius 3 is 1.92 bits per heavy atom. The fraction of sp³-hybridized carbons (Fsp3) is 0.333. The minimum atomic E-state index is -0.488. The second-order valence-corrected chi connectivity index (χ2v) is 6.15. The van der Waals surface area contributed by atoms with Crippen molar-refractivity contribution >= 4 is 11.6 Å². The predicted molar refractivity (Wildman–Crippen MR) is 97.6 cm³/mol. The minimum Gasteiger partial charge on any atom is -0.507 e. The molecule has 5 heteroatoms. The zero-order chi connectivity index (χ0) is 19.0. The Kier molecular flexibility index (Phi) is 4.72. The highest BCUT2D eigenvalue weighted by Crippen LogP contribution is 2.46. The zero-order valence-electron chi connectivity index (χ0n) is 15.2. The Labute approximate surface area is 152 Å². The summed E-state index contributed by atoms with van der Waals surface area (Å²) in [5, 5.41) is 21.3. The summed E-state index contributed by atoms with van der Waals surface area (Å²) in [6.07, 6.45) is 2.93. The summed E-state index contributed by atoms with van der Waals surface area (Å²) in [5.41, 5.74) is 1.32. The molecule has 5 nitrogen and oxygen atoms in total. The van der Waals surface area contributed by atoms with Gasteiger partial charge in [0.25, 0.3) is 0 Å². The molecular weight excluding hydrogens is 332 g/mol. The van der Waals surface area contributed by atoms with Crippen LogP contribution in [0.5, 0.6) is 17.2 Å². The molecule has 0 aliphatic heterocycles. The van der Waals surface area contributed by atoms with Crippen LogP contribution in [-0.4, -0.2) is 28.9 Å². The van der Waals surface area contributed by atoms with Gasteiger partial charge in [-0.1, -0.05) is 26.0 Å². The first kappa shape index (κ1) is 18.0. The summed E-state index contributed by atoms with van der Waals surface area (Å²) >= 11 is 0. The van der Waals surface area contributed by atoms with Crippen LogP contribution in [0.25, 0.3) is 0 Å². The van der Waals surface area contributed by atoms with Gasteiger partial charge < -0.3 is 14.9 Å². The van der Waals surface area contributed by atoms with E-state index in [4.69, 9.17) is 4.74 Å². The molecule has 136 valence electrons. The molecular formula is C21H22O5. The van der Waals surface area contributed by atoms with Gasteiger partial charge in [-0.05, 0) is 31.7 Å². The molecule has 0 bridgehead atoms. The molecule has 0 heterocycles. The first-order valence-corrected chi connectivity index (χ1v) is 8.92. The van der Waals surface area contributed by atoms with Crippen LogP contribution in [0.4, 0.5) is 0 Å². The third-order valence-electron chi connectivity index (χ3n) is 4.94. The van der Waals surface area contributed by atoms with Crippen LogP contribution >= 0.6 is 0 Å². The topological polar surface area (TPSA) is 83.8 Å². The number of phenols is 2. The van der Waals surface area contributed by atoms with Gasteiger partial charge in [0.2, 0.25) is 5.78 Å². The number of hydrogen-bond donors (Lipinski definition) is 2. The molecule has 26 heavy (non-hydrogen) atoms. The smallest absolute Gasteiger partial charge is 0.202 e. The molecule has 2 aromatic carbocycles. The lowest BCUT2D eigenvalue weighted by atomic mass is 9.77. The molecule has 0 unspecified atom stereocenters. The fourth-order valence-corrected chi connectivity index (χ4v) is 3.79. The van der Waals surface area contributed by atoms with E-state index in [2.05, 4.69) is 0 Å². The van der Waals surface area contributed by atoms with E-state index in [1.54, 1.807) is 12.1 Å². The maximum Gasteiger partial charge on any atom is 0.202 e. The Morgan fingerprint density at radius 1 is 0.846 bits per heavy atom. The zero-order valence-corrected chi connectivity index (χ0v) is 15.2. The standard InChI is InChI=1S/C19H16O5.C2H6/c1-24-12-8-4-7-11-13(12)19(23)15-14(18(11)22)16(20)9-5-2-3-6-10(9)17(15)21;1-2/h4,7-8,20-21H,2-3,5-6H2,1H3;1-2H3. The van der Waals surface area contributed by atoms with Gasteiger partial charge in [-0.2, -0.15) is 0 Å². The molecule has 0 aromatic heterocycles. The molecule has 2 N–H and O–H groups in total. The van der Waals surface area contributed by atoms with Crippen LogP contribution in [0.2, 0.25) is 0 Å². The molecule has 0 fully saturated rings. The van der Waals surface area contributed by atoms with Crippen LogP contribution in [0.3, 0.4) is 0 Å². The second kappa shape index (κ2) is 6.83. The molecule has 0 atom stereocenters.